The van der Waals surface area contributed by atoms with Crippen molar-refractivity contribution in [3.8, 4) is 0 Å². The Hall–Kier alpha value is -0.990. The van der Waals surface area contributed by atoms with Crippen molar-refractivity contribution in [3.63, 3.8) is 0 Å². The molecule has 0 radical (unpaired) electrons. The Morgan fingerprint density at radius 3 is 2.68 bits per heavy atom. The van der Waals surface area contributed by atoms with E-state index in [2.05, 4.69) is 26.5 Å². The molecule has 3 saturated carbocycles. The molecule has 0 aromatic heterocycles. The van der Waals surface area contributed by atoms with E-state index in [4.69, 9.17) is 17.0 Å². The van der Waals surface area contributed by atoms with Crippen LogP contribution in [0.1, 0.15) is 100.0 Å². The van der Waals surface area contributed by atoms with Crippen molar-refractivity contribution in [2.24, 2.45) is 23.2 Å². The summed E-state index contributed by atoms with van der Waals surface area (Å²) in [6.45, 7) is 1.92. The van der Waals surface area contributed by atoms with Crippen LogP contribution in [0.2, 0.25) is 0 Å². The average molecular weight is 503 g/mol. The highest BCUT2D eigenvalue weighted by molar-refractivity contribution is 7.80. The van der Waals surface area contributed by atoms with Gasteiger partial charge in [0.15, 0.2) is 0 Å². The molecule has 6 nitrogen and oxygen atoms in total. The van der Waals surface area contributed by atoms with Crippen LogP contribution in [0.3, 0.4) is 0 Å². The summed E-state index contributed by atoms with van der Waals surface area (Å²) in [5, 5.41) is 21.2. The number of hydrogen-bond donors (Lipinski definition) is 3. The van der Waals surface area contributed by atoms with Gasteiger partial charge in [0.2, 0.25) is 0 Å². The molecule has 0 aromatic rings. The van der Waals surface area contributed by atoms with E-state index in [9.17, 15) is 18.6 Å². The molecule has 0 amide bonds. The molecule has 6 atom stereocenters. The molecule has 0 heterocycles. The predicted molar refractivity (Wildman–Crippen MR) is 134 cm³/mol. The first-order valence-electron chi connectivity index (χ1n) is 15.3. The Bertz CT molecular complexity index is 1100. The molecule has 6 unspecified atom stereocenters. The lowest BCUT2D eigenvalue weighted by Crippen LogP contribution is -2.38. The van der Waals surface area contributed by atoms with Gasteiger partial charge in [0.05, 0.1) is 17.8 Å². The smallest absolute Gasteiger partial charge is 0.390 e. The van der Waals surface area contributed by atoms with Crippen LogP contribution < -0.4 is 0 Å². The van der Waals surface area contributed by atoms with Gasteiger partial charge < -0.3 is 10.2 Å². The Balaban J connectivity index is 1.72. The third-order valence-corrected chi connectivity index (χ3v) is 9.04. The molecule has 3 aliphatic carbocycles. The molecule has 3 rings (SSSR count). The molecule has 0 aliphatic heterocycles. The van der Waals surface area contributed by atoms with Crippen LogP contribution in [-0.2, 0) is 14.6 Å². The minimum absolute atomic E-state index is 0.0164. The summed E-state index contributed by atoms with van der Waals surface area (Å²) in [7, 11) is -4.53. The topological polar surface area (TPSA) is 104 Å². The number of rotatable bonds is 8. The lowest BCUT2D eigenvalue weighted by molar-refractivity contribution is -0.0554. The molecule has 3 fully saturated rings. The molecule has 0 spiro atoms. The van der Waals surface area contributed by atoms with Gasteiger partial charge in [-0.05, 0) is 100 Å². The van der Waals surface area contributed by atoms with Gasteiger partial charge in [-0.2, -0.15) is 8.42 Å². The highest BCUT2D eigenvalue weighted by atomic mass is 32.3. The maximum Gasteiger partial charge on any atom is 0.397 e. The van der Waals surface area contributed by atoms with Gasteiger partial charge in [0.1, 0.15) is 0 Å². The van der Waals surface area contributed by atoms with Crippen molar-refractivity contribution in [2.75, 3.05) is 0 Å². The van der Waals surface area contributed by atoms with Crippen LogP contribution in [0.4, 0.5) is 0 Å². The zero-order valence-electron chi connectivity index (χ0n) is 26.3. The minimum atomic E-state index is -4.53. The zero-order valence-corrected chi connectivity index (χ0v) is 21.1. The number of aliphatic hydroxyl groups excluding tert-OH is 1. The fourth-order valence-corrected chi connectivity index (χ4v) is 7.19. The normalized spacial score (nSPS) is 38.3. The minimum Gasteiger partial charge on any atom is -0.390 e. The summed E-state index contributed by atoms with van der Waals surface area (Å²) in [5.74, 6) is 0.696. The second kappa shape index (κ2) is 10.6. The van der Waals surface area contributed by atoms with E-state index in [1.165, 1.54) is 5.57 Å². The summed E-state index contributed by atoms with van der Waals surface area (Å²) in [6.07, 6.45) is 8.16. The summed E-state index contributed by atoms with van der Waals surface area (Å²) in [6, 6.07) is 0. The largest absolute Gasteiger partial charge is 0.397 e. The monoisotopic (exact) mass is 502 g/mol. The van der Waals surface area contributed by atoms with Crippen molar-refractivity contribution >= 4 is 10.4 Å². The summed E-state index contributed by atoms with van der Waals surface area (Å²) in [4.78, 5) is 0. The lowest BCUT2D eigenvalue weighted by Gasteiger charge is -2.44. The standard InChI is InChI=1S/C27H44O6S/c1-18-8-12-22(33-34(30,31)32)17-21(18)11-10-20-7-6-16-27(5)23(13-14-24(20)27)19(2)9-15-25(28)26(3,4)29/h10-11,19,22-25,28-29H,1,6-9,12-17H2,2-5H3,(H,30,31,32)/b20-10+,21-11-/i3D3,4D3. The summed E-state index contributed by atoms with van der Waals surface area (Å²) >= 11 is 0. The van der Waals surface area contributed by atoms with Crippen molar-refractivity contribution < 1.29 is 35.6 Å². The first kappa shape index (κ1) is 20.1. The Morgan fingerprint density at radius 2 is 2.00 bits per heavy atom. The molecule has 3 aliphatic rings. The van der Waals surface area contributed by atoms with Gasteiger partial charge in [-0.15, -0.1) is 0 Å². The Labute approximate surface area is 214 Å². The Morgan fingerprint density at radius 1 is 1.26 bits per heavy atom. The van der Waals surface area contributed by atoms with E-state index in [0.29, 0.717) is 31.6 Å². The number of fused-ring (bicyclic) bond motifs is 1. The van der Waals surface area contributed by atoms with Crippen molar-refractivity contribution in [1.29, 1.82) is 0 Å². The quantitative estimate of drug-likeness (QED) is 0.377. The number of allylic oxidation sites excluding steroid dienone is 4. The van der Waals surface area contributed by atoms with E-state index in [1.54, 1.807) is 0 Å². The fourth-order valence-electron chi connectivity index (χ4n) is 6.68. The predicted octanol–water partition coefficient (Wildman–Crippen LogP) is 5.53. The molecule has 34 heavy (non-hydrogen) atoms. The number of aliphatic hydroxyl groups is 2. The van der Waals surface area contributed by atoms with Crippen LogP contribution in [0.15, 0.2) is 35.5 Å². The fraction of sp³-hybridized carbons (Fsp3) is 0.778. The molecule has 0 aromatic carbocycles. The van der Waals surface area contributed by atoms with Crippen LogP contribution in [0, 0.1) is 23.2 Å². The van der Waals surface area contributed by atoms with Crippen molar-refractivity contribution in [2.45, 2.75) is 110 Å². The van der Waals surface area contributed by atoms with Gasteiger partial charge in [0, 0.05) is 14.6 Å². The molecule has 3 N–H and O–H groups in total. The molecule has 0 bridgehead atoms. The van der Waals surface area contributed by atoms with Crippen molar-refractivity contribution in [1.82, 2.24) is 0 Å². The molecule has 7 heteroatoms. The van der Waals surface area contributed by atoms with E-state index in [-0.39, 0.29) is 23.7 Å². The van der Waals surface area contributed by atoms with Crippen LogP contribution in [0.5, 0.6) is 0 Å². The van der Waals surface area contributed by atoms with E-state index in [0.717, 1.165) is 43.3 Å². The SMILES string of the molecule is [2H]C([2H])([2H])C(O)(C(O)CCC(C)C1CCC2/C(=C/C=C3/CC(OS(=O)(=O)O)CCC3=C)CCCC21C)C([2H])([2H])[2H]. The van der Waals surface area contributed by atoms with Gasteiger partial charge in [-0.25, -0.2) is 4.18 Å². The van der Waals surface area contributed by atoms with E-state index < -0.39 is 41.9 Å². The molecular formula is C27H44O6S. The molecule has 194 valence electrons. The molecule has 0 saturated heterocycles. The van der Waals surface area contributed by atoms with Gasteiger partial charge in [-0.3, -0.25) is 4.55 Å². The third kappa shape index (κ3) is 6.61. The maximum absolute atomic E-state index is 11.2. The van der Waals surface area contributed by atoms with E-state index >= 15 is 0 Å². The van der Waals surface area contributed by atoms with Gasteiger partial charge in [-0.1, -0.05) is 43.7 Å². The van der Waals surface area contributed by atoms with E-state index in [1.807, 2.05) is 6.08 Å². The highest BCUT2D eigenvalue weighted by Gasteiger charge is 2.50. The van der Waals surface area contributed by atoms with Crippen LogP contribution >= 0.6 is 0 Å². The van der Waals surface area contributed by atoms with Crippen LogP contribution in [0.25, 0.3) is 0 Å². The average Bonchev–Trinajstić information content (AvgIpc) is 3.17. The first-order valence-corrected chi connectivity index (χ1v) is 13.7. The molecular weight excluding hydrogens is 452 g/mol. The van der Waals surface area contributed by atoms with Crippen molar-refractivity contribution in [3.05, 3.63) is 35.5 Å². The van der Waals surface area contributed by atoms with Gasteiger partial charge >= 0.3 is 10.4 Å². The summed E-state index contributed by atoms with van der Waals surface area (Å²) < 4.78 is 81.6. The maximum atomic E-state index is 11.2. The third-order valence-electron chi connectivity index (χ3n) is 8.53. The number of hydrogen-bond acceptors (Lipinski definition) is 5. The second-order valence-corrected chi connectivity index (χ2v) is 11.9. The first-order chi connectivity index (χ1) is 18.2. The Kier molecular flexibility index (Phi) is 6.24. The lowest BCUT2D eigenvalue weighted by atomic mass is 9.60. The second-order valence-electron chi connectivity index (χ2n) is 10.9. The zero-order chi connectivity index (χ0) is 30.3. The van der Waals surface area contributed by atoms with Gasteiger partial charge in [0.25, 0.3) is 0 Å². The van der Waals surface area contributed by atoms with Crippen LogP contribution in [-0.4, -0.2) is 41.0 Å². The highest BCUT2D eigenvalue weighted by Crippen LogP contribution is 2.60. The summed E-state index contributed by atoms with van der Waals surface area (Å²) in [5.41, 5.74) is -0.0493.